The molecule has 0 aromatic heterocycles. The quantitative estimate of drug-likeness (QED) is 0.116. The summed E-state index contributed by atoms with van der Waals surface area (Å²) in [5, 5.41) is 18.1. The summed E-state index contributed by atoms with van der Waals surface area (Å²) in [6.07, 6.45) is 10.4. The van der Waals surface area contributed by atoms with Crippen LogP contribution >= 0.6 is 0 Å². The third-order valence-corrected chi connectivity index (χ3v) is 8.25. The van der Waals surface area contributed by atoms with E-state index in [9.17, 15) is 0 Å². The van der Waals surface area contributed by atoms with E-state index in [1.807, 2.05) is 0 Å². The standard InChI is InChI=1S/C38H40N2/c1(3-5-15-25-39-37-33-21-11-7-17-29(33)27-30-18-8-12-22-34(30)37)2-4-6-16-26-40-38-35-23-13-9-19-31(35)28-32-20-10-14-24-36(32)38/h7-14,17-24,27-28,39-40H,1-6,15-16,25-26H2. The van der Waals surface area contributed by atoms with E-state index >= 15 is 0 Å². The first-order chi connectivity index (χ1) is 19.9. The molecule has 0 heterocycles. The molecule has 6 rings (SSSR count). The summed E-state index contributed by atoms with van der Waals surface area (Å²) in [4.78, 5) is 0. The molecule has 0 saturated carbocycles. The van der Waals surface area contributed by atoms with Crippen LogP contribution in [0.15, 0.2) is 109 Å². The van der Waals surface area contributed by atoms with E-state index in [0.29, 0.717) is 0 Å². The largest absolute Gasteiger partial charge is 0.384 e. The van der Waals surface area contributed by atoms with Gasteiger partial charge in [0, 0.05) is 46.0 Å². The molecule has 2 nitrogen and oxygen atoms in total. The van der Waals surface area contributed by atoms with Crippen molar-refractivity contribution in [1.29, 1.82) is 0 Å². The topological polar surface area (TPSA) is 24.1 Å². The molecular weight excluding hydrogens is 484 g/mol. The van der Waals surface area contributed by atoms with Crippen LogP contribution in [0.3, 0.4) is 0 Å². The van der Waals surface area contributed by atoms with Crippen LogP contribution in [0.1, 0.15) is 51.4 Å². The number of hydrogen-bond acceptors (Lipinski definition) is 2. The molecule has 0 spiro atoms. The van der Waals surface area contributed by atoms with Crippen molar-refractivity contribution in [3.05, 3.63) is 109 Å². The number of hydrogen-bond donors (Lipinski definition) is 2. The highest BCUT2D eigenvalue weighted by atomic mass is 14.9. The van der Waals surface area contributed by atoms with Gasteiger partial charge in [-0.25, -0.2) is 0 Å². The van der Waals surface area contributed by atoms with Gasteiger partial charge in [-0.2, -0.15) is 0 Å². The third kappa shape index (κ3) is 5.92. The van der Waals surface area contributed by atoms with Gasteiger partial charge in [0.15, 0.2) is 0 Å². The van der Waals surface area contributed by atoms with E-state index in [-0.39, 0.29) is 0 Å². The number of fused-ring (bicyclic) bond motifs is 4. The molecule has 40 heavy (non-hydrogen) atoms. The molecule has 0 aliphatic carbocycles. The Balaban J connectivity index is 0.899. The summed E-state index contributed by atoms with van der Waals surface area (Å²) in [7, 11) is 0. The number of anilines is 2. The second-order valence-corrected chi connectivity index (χ2v) is 11.1. The summed E-state index contributed by atoms with van der Waals surface area (Å²) in [5.41, 5.74) is 2.58. The molecule has 0 bridgehead atoms. The van der Waals surface area contributed by atoms with Crippen LogP contribution < -0.4 is 10.6 Å². The fourth-order valence-electron chi connectivity index (χ4n) is 6.15. The molecule has 0 amide bonds. The Labute approximate surface area is 238 Å². The van der Waals surface area contributed by atoms with Crippen molar-refractivity contribution in [3.63, 3.8) is 0 Å². The van der Waals surface area contributed by atoms with Gasteiger partial charge >= 0.3 is 0 Å². The highest BCUT2D eigenvalue weighted by Crippen LogP contribution is 2.34. The molecule has 0 unspecified atom stereocenters. The van der Waals surface area contributed by atoms with Crippen LogP contribution in [0.25, 0.3) is 43.1 Å². The number of nitrogens with one attached hydrogen (secondary N) is 2. The van der Waals surface area contributed by atoms with Crippen molar-refractivity contribution in [2.45, 2.75) is 51.4 Å². The highest BCUT2D eigenvalue weighted by molar-refractivity contribution is 6.12. The van der Waals surface area contributed by atoms with E-state index in [1.54, 1.807) is 0 Å². The molecule has 0 aliphatic rings. The Hall–Kier alpha value is -4.04. The Kier molecular flexibility index (Phi) is 8.43. The normalized spacial score (nSPS) is 11.5. The fraction of sp³-hybridized carbons (Fsp3) is 0.263. The Morgan fingerprint density at radius 1 is 0.325 bits per heavy atom. The number of rotatable bonds is 13. The lowest BCUT2D eigenvalue weighted by Gasteiger charge is -2.14. The smallest absolute Gasteiger partial charge is 0.0499 e. The van der Waals surface area contributed by atoms with Crippen molar-refractivity contribution in [3.8, 4) is 0 Å². The average molecular weight is 525 g/mol. The SMILES string of the molecule is c1ccc2c(NCCCCCCCCCCNc3c4ccccc4cc4ccccc34)c3ccccc3cc2c1. The molecule has 6 aromatic rings. The third-order valence-electron chi connectivity index (χ3n) is 8.25. The van der Waals surface area contributed by atoms with Crippen LogP contribution in [0.2, 0.25) is 0 Å². The molecule has 0 aliphatic heterocycles. The van der Waals surface area contributed by atoms with E-state index in [2.05, 4.69) is 120 Å². The van der Waals surface area contributed by atoms with Gasteiger partial charge in [0.25, 0.3) is 0 Å². The summed E-state index contributed by atoms with van der Waals surface area (Å²) >= 11 is 0. The lowest BCUT2D eigenvalue weighted by Crippen LogP contribution is -2.03. The van der Waals surface area contributed by atoms with Gasteiger partial charge in [-0.15, -0.1) is 0 Å². The van der Waals surface area contributed by atoms with Crippen LogP contribution in [0.4, 0.5) is 11.4 Å². The maximum absolute atomic E-state index is 3.78. The summed E-state index contributed by atoms with van der Waals surface area (Å²) in [5.74, 6) is 0. The first kappa shape index (κ1) is 26.2. The lowest BCUT2D eigenvalue weighted by molar-refractivity contribution is 0.577. The maximum Gasteiger partial charge on any atom is 0.0499 e. The van der Waals surface area contributed by atoms with E-state index < -0.39 is 0 Å². The fourth-order valence-corrected chi connectivity index (χ4v) is 6.15. The second-order valence-electron chi connectivity index (χ2n) is 11.1. The van der Waals surface area contributed by atoms with Crippen LogP contribution in [0.5, 0.6) is 0 Å². The zero-order chi connectivity index (χ0) is 27.0. The van der Waals surface area contributed by atoms with Gasteiger partial charge in [0.2, 0.25) is 0 Å². The molecule has 0 saturated heterocycles. The lowest BCUT2D eigenvalue weighted by atomic mass is 10.0. The van der Waals surface area contributed by atoms with Gasteiger partial charge in [0.1, 0.15) is 0 Å². The van der Waals surface area contributed by atoms with Crippen molar-refractivity contribution in [1.82, 2.24) is 0 Å². The van der Waals surface area contributed by atoms with Gasteiger partial charge < -0.3 is 10.6 Å². The molecular formula is C38H40N2. The first-order valence-electron chi connectivity index (χ1n) is 15.2. The molecule has 2 heteroatoms. The molecule has 0 fully saturated rings. The monoisotopic (exact) mass is 524 g/mol. The summed E-state index contributed by atoms with van der Waals surface area (Å²) in [6, 6.07) is 39.5. The second kappa shape index (κ2) is 12.9. The molecule has 2 N–H and O–H groups in total. The number of unbranched alkanes of at least 4 members (excludes halogenated alkanes) is 7. The summed E-state index contributed by atoms with van der Waals surface area (Å²) in [6.45, 7) is 2.07. The minimum atomic E-state index is 1.03. The van der Waals surface area contributed by atoms with Crippen LogP contribution in [-0.4, -0.2) is 13.1 Å². The zero-order valence-corrected chi connectivity index (χ0v) is 23.5. The predicted octanol–water partition coefficient (Wildman–Crippen LogP) is 10.9. The van der Waals surface area contributed by atoms with Crippen LogP contribution in [0, 0.1) is 0 Å². The van der Waals surface area contributed by atoms with Crippen LogP contribution in [-0.2, 0) is 0 Å². The molecule has 6 aromatic carbocycles. The van der Waals surface area contributed by atoms with Crippen molar-refractivity contribution < 1.29 is 0 Å². The van der Waals surface area contributed by atoms with Crippen molar-refractivity contribution >= 4 is 54.5 Å². The van der Waals surface area contributed by atoms with Gasteiger partial charge in [-0.1, -0.05) is 136 Å². The average Bonchev–Trinajstić information content (AvgIpc) is 3.00. The Morgan fingerprint density at radius 2 is 0.600 bits per heavy atom. The summed E-state index contributed by atoms with van der Waals surface area (Å²) < 4.78 is 0. The molecule has 0 radical (unpaired) electrons. The number of benzene rings is 6. The highest BCUT2D eigenvalue weighted by Gasteiger charge is 2.08. The molecule has 0 atom stereocenters. The Bertz CT molecular complexity index is 1480. The van der Waals surface area contributed by atoms with Crippen molar-refractivity contribution in [2.24, 2.45) is 0 Å². The van der Waals surface area contributed by atoms with Gasteiger partial charge in [-0.05, 0) is 46.5 Å². The Morgan fingerprint density at radius 3 is 0.925 bits per heavy atom. The minimum Gasteiger partial charge on any atom is -0.384 e. The predicted molar refractivity (Wildman–Crippen MR) is 177 cm³/mol. The molecule has 202 valence electrons. The van der Waals surface area contributed by atoms with Gasteiger partial charge in [-0.3, -0.25) is 0 Å². The van der Waals surface area contributed by atoms with E-state index in [0.717, 1.165) is 13.1 Å². The van der Waals surface area contributed by atoms with Gasteiger partial charge in [0.05, 0.1) is 0 Å². The van der Waals surface area contributed by atoms with E-state index in [1.165, 1.54) is 106 Å². The maximum atomic E-state index is 3.78. The van der Waals surface area contributed by atoms with E-state index in [4.69, 9.17) is 0 Å². The minimum absolute atomic E-state index is 1.03. The van der Waals surface area contributed by atoms with Crippen molar-refractivity contribution in [2.75, 3.05) is 23.7 Å². The zero-order valence-electron chi connectivity index (χ0n) is 23.5. The first-order valence-corrected chi connectivity index (χ1v) is 15.2.